The topological polar surface area (TPSA) is 127 Å². The van der Waals surface area contributed by atoms with Crippen molar-refractivity contribution in [3.05, 3.63) is 42.0 Å². The molecule has 1 spiro atoms. The molecule has 2 N–H and O–H groups in total. The summed E-state index contributed by atoms with van der Waals surface area (Å²) in [5.74, 6) is -2.08. The van der Waals surface area contributed by atoms with Gasteiger partial charge in [-0.3, -0.25) is 25.2 Å². The largest absolute Gasteiger partial charge is 0.372 e. The van der Waals surface area contributed by atoms with Crippen molar-refractivity contribution in [1.29, 1.82) is 0 Å². The van der Waals surface area contributed by atoms with Crippen molar-refractivity contribution < 1.29 is 28.0 Å². The van der Waals surface area contributed by atoms with Crippen LogP contribution in [0.2, 0.25) is 0 Å². The lowest BCUT2D eigenvalue weighted by atomic mass is 9.66. The molecule has 0 radical (unpaired) electrons. The second-order valence-electron chi connectivity index (χ2n) is 8.98. The number of halogens is 1. The number of barbiturate groups is 1. The van der Waals surface area contributed by atoms with Crippen molar-refractivity contribution in [2.24, 2.45) is 5.41 Å². The van der Waals surface area contributed by atoms with Gasteiger partial charge < -0.3 is 14.2 Å². The zero-order chi connectivity index (χ0) is 23.8. The van der Waals surface area contributed by atoms with Crippen molar-refractivity contribution in [1.82, 2.24) is 20.8 Å². The van der Waals surface area contributed by atoms with Crippen molar-refractivity contribution >= 4 is 34.5 Å². The SMILES string of the molecule is C[C@@H]1CN2c3c(cc4c(-c5ccncc5)noc4c3F)CC3(C(=O)NC(=O)NC3=O)[C@H]2[C@H](C)O1. The van der Waals surface area contributed by atoms with Crippen molar-refractivity contribution in [3.63, 3.8) is 0 Å². The van der Waals surface area contributed by atoms with Gasteiger partial charge in [0.05, 0.1) is 29.3 Å². The van der Waals surface area contributed by atoms with E-state index in [0.29, 0.717) is 22.2 Å². The van der Waals surface area contributed by atoms with Crippen LogP contribution in [0.3, 0.4) is 0 Å². The van der Waals surface area contributed by atoms with Crippen LogP contribution in [0, 0.1) is 11.2 Å². The zero-order valence-electron chi connectivity index (χ0n) is 18.3. The summed E-state index contributed by atoms with van der Waals surface area (Å²) < 4.78 is 27.4. The van der Waals surface area contributed by atoms with Crippen LogP contribution in [0.25, 0.3) is 22.2 Å². The molecule has 0 unspecified atom stereocenters. The number of pyridine rings is 1. The van der Waals surface area contributed by atoms with Gasteiger partial charge in [0.15, 0.2) is 11.2 Å². The number of hydrogen-bond acceptors (Lipinski definition) is 8. The monoisotopic (exact) mass is 465 g/mol. The van der Waals surface area contributed by atoms with Crippen LogP contribution in [0.1, 0.15) is 19.4 Å². The lowest BCUT2D eigenvalue weighted by Gasteiger charge is -2.55. The first-order valence-corrected chi connectivity index (χ1v) is 10.9. The van der Waals surface area contributed by atoms with E-state index in [1.807, 2.05) is 6.92 Å². The van der Waals surface area contributed by atoms with E-state index in [0.717, 1.165) is 0 Å². The molecule has 2 fully saturated rings. The van der Waals surface area contributed by atoms with E-state index in [-0.39, 0.29) is 30.3 Å². The number of amides is 4. The zero-order valence-corrected chi connectivity index (χ0v) is 18.3. The highest BCUT2D eigenvalue weighted by Gasteiger charge is 2.63. The number of nitrogens with zero attached hydrogens (tertiary/aromatic N) is 3. The van der Waals surface area contributed by atoms with Crippen molar-refractivity contribution in [2.75, 3.05) is 11.4 Å². The van der Waals surface area contributed by atoms with E-state index in [2.05, 4.69) is 20.8 Å². The minimum Gasteiger partial charge on any atom is -0.372 e. The number of benzene rings is 1. The molecule has 3 atom stereocenters. The van der Waals surface area contributed by atoms with Crippen LogP contribution in [-0.4, -0.2) is 52.8 Å². The van der Waals surface area contributed by atoms with Gasteiger partial charge >= 0.3 is 6.03 Å². The van der Waals surface area contributed by atoms with Gasteiger partial charge in [0.2, 0.25) is 17.4 Å². The number of imide groups is 2. The lowest BCUT2D eigenvalue weighted by molar-refractivity contribution is -0.153. The average Bonchev–Trinajstić information content (AvgIpc) is 3.21. The van der Waals surface area contributed by atoms with Crippen LogP contribution in [-0.2, 0) is 20.7 Å². The molecule has 6 rings (SSSR count). The summed E-state index contributed by atoms with van der Waals surface area (Å²) in [4.78, 5) is 44.1. The van der Waals surface area contributed by atoms with Crippen LogP contribution >= 0.6 is 0 Å². The maximum Gasteiger partial charge on any atom is 0.328 e. The van der Waals surface area contributed by atoms with E-state index in [9.17, 15) is 14.4 Å². The highest BCUT2D eigenvalue weighted by molar-refractivity contribution is 6.20. The Hall–Kier alpha value is -3.86. The second kappa shape index (κ2) is 7.07. The molecule has 2 aromatic heterocycles. The summed E-state index contributed by atoms with van der Waals surface area (Å²) in [6, 6.07) is 3.45. The average molecular weight is 465 g/mol. The van der Waals surface area contributed by atoms with Crippen LogP contribution in [0.4, 0.5) is 14.9 Å². The molecule has 0 bridgehead atoms. The summed E-state index contributed by atoms with van der Waals surface area (Å²) in [6.45, 7) is 3.82. The third-order valence-electron chi connectivity index (χ3n) is 6.92. The Kier molecular flexibility index (Phi) is 4.31. The third-order valence-corrected chi connectivity index (χ3v) is 6.92. The minimum absolute atomic E-state index is 0.0141. The molecule has 0 aliphatic carbocycles. The van der Waals surface area contributed by atoms with Crippen molar-refractivity contribution in [2.45, 2.75) is 38.5 Å². The van der Waals surface area contributed by atoms with Crippen LogP contribution in [0.15, 0.2) is 35.1 Å². The summed E-state index contributed by atoms with van der Waals surface area (Å²) >= 11 is 0. The number of anilines is 1. The maximum absolute atomic E-state index is 16.0. The maximum atomic E-state index is 16.0. The number of carbonyl (C=O) groups is 3. The first-order chi connectivity index (χ1) is 16.3. The molecule has 34 heavy (non-hydrogen) atoms. The van der Waals surface area contributed by atoms with Gasteiger partial charge in [0.1, 0.15) is 5.69 Å². The molecule has 3 aliphatic rings. The molecule has 4 amide bonds. The number of ether oxygens (including phenoxy) is 1. The Balaban J connectivity index is 1.61. The normalized spacial score (nSPS) is 25.7. The summed E-state index contributed by atoms with van der Waals surface area (Å²) in [5, 5.41) is 8.95. The minimum atomic E-state index is -1.69. The fraction of sp³-hybridized carbons (Fsp3) is 0.348. The lowest BCUT2D eigenvalue weighted by Crippen LogP contribution is -2.75. The predicted molar refractivity (Wildman–Crippen MR) is 116 cm³/mol. The second-order valence-corrected chi connectivity index (χ2v) is 8.98. The molecule has 11 heteroatoms. The first kappa shape index (κ1) is 20.7. The van der Waals surface area contributed by atoms with E-state index >= 15 is 4.39 Å². The molecule has 2 saturated heterocycles. The van der Waals surface area contributed by atoms with Gasteiger partial charge in [0, 0.05) is 30.9 Å². The Morgan fingerprint density at radius 2 is 1.85 bits per heavy atom. The Bertz CT molecular complexity index is 1350. The summed E-state index contributed by atoms with van der Waals surface area (Å²) in [7, 11) is 0. The smallest absolute Gasteiger partial charge is 0.328 e. The fourth-order valence-corrected chi connectivity index (χ4v) is 5.67. The molecule has 3 aliphatic heterocycles. The number of fused-ring (bicyclic) bond motifs is 5. The number of morpholine rings is 1. The molecule has 10 nitrogen and oxygen atoms in total. The highest BCUT2D eigenvalue weighted by atomic mass is 19.1. The predicted octanol–water partition coefficient (Wildman–Crippen LogP) is 1.92. The molecule has 3 aromatic rings. The van der Waals surface area contributed by atoms with Gasteiger partial charge in [-0.25, -0.2) is 9.18 Å². The fourth-order valence-electron chi connectivity index (χ4n) is 5.67. The van der Waals surface area contributed by atoms with Gasteiger partial charge in [-0.2, -0.15) is 0 Å². The van der Waals surface area contributed by atoms with E-state index in [1.54, 1.807) is 42.4 Å². The van der Waals surface area contributed by atoms with Crippen LogP contribution in [0.5, 0.6) is 0 Å². The summed E-state index contributed by atoms with van der Waals surface area (Å²) in [5.41, 5.74) is 0.102. The van der Waals surface area contributed by atoms with E-state index in [1.165, 1.54) is 0 Å². The van der Waals surface area contributed by atoms with Gasteiger partial charge in [-0.1, -0.05) is 5.16 Å². The number of rotatable bonds is 1. The number of hydrogen-bond donors (Lipinski definition) is 2. The Morgan fingerprint density at radius 3 is 2.56 bits per heavy atom. The highest BCUT2D eigenvalue weighted by Crippen LogP contribution is 2.49. The molecular formula is C23H20FN5O5. The summed E-state index contributed by atoms with van der Waals surface area (Å²) in [6.07, 6.45) is 2.18. The molecule has 174 valence electrons. The number of aromatic nitrogens is 2. The number of carbonyl (C=O) groups excluding carboxylic acids is 3. The first-order valence-electron chi connectivity index (χ1n) is 10.9. The van der Waals surface area contributed by atoms with Gasteiger partial charge in [-0.15, -0.1) is 0 Å². The van der Waals surface area contributed by atoms with E-state index in [4.69, 9.17) is 9.26 Å². The molecule has 5 heterocycles. The molecule has 0 saturated carbocycles. The van der Waals surface area contributed by atoms with Gasteiger partial charge in [-0.05, 0) is 37.6 Å². The molecule has 1 aromatic carbocycles. The van der Waals surface area contributed by atoms with Gasteiger partial charge in [0.25, 0.3) is 0 Å². The molecular weight excluding hydrogens is 445 g/mol. The Labute approximate surface area is 192 Å². The standard InChI is InChI=1S/C23H20FN5O5/c1-10-9-29-17-13(7-14-16(12-3-5-25-6-4-12)28-34-18(14)15(17)24)8-23(19(29)11(2)33-10)20(30)26-22(32)27-21(23)31/h3-7,10-11,19H,8-9H2,1-2H3,(H2,26,27,30,31,32)/t10-,11+,19-/m1/s1. The number of urea groups is 1. The Morgan fingerprint density at radius 1 is 1.15 bits per heavy atom. The van der Waals surface area contributed by atoms with Crippen molar-refractivity contribution in [3.8, 4) is 11.3 Å². The number of nitrogens with one attached hydrogen (secondary N) is 2. The quantitative estimate of drug-likeness (QED) is 0.522. The van der Waals surface area contributed by atoms with Crippen LogP contribution < -0.4 is 15.5 Å². The third kappa shape index (κ3) is 2.67. The van der Waals surface area contributed by atoms with E-state index < -0.39 is 41.2 Å².